The molecule has 1 unspecified atom stereocenters. The van der Waals surface area contributed by atoms with Crippen LogP contribution in [-0.4, -0.2) is 60.4 Å². The first-order valence-corrected chi connectivity index (χ1v) is 10.5. The Morgan fingerprint density at radius 2 is 2.04 bits per heavy atom. The van der Waals surface area contributed by atoms with E-state index in [1.54, 1.807) is 24.1 Å². The molecule has 1 aromatic heterocycles. The van der Waals surface area contributed by atoms with Crippen LogP contribution >= 0.6 is 0 Å². The van der Waals surface area contributed by atoms with E-state index in [-0.39, 0.29) is 29.1 Å². The summed E-state index contributed by atoms with van der Waals surface area (Å²) in [5.41, 5.74) is 0.988. The van der Waals surface area contributed by atoms with Gasteiger partial charge in [0, 0.05) is 24.5 Å². The summed E-state index contributed by atoms with van der Waals surface area (Å²) in [5.74, 6) is 0.862. The summed E-state index contributed by atoms with van der Waals surface area (Å²) in [6.07, 6.45) is 1.97. The molecule has 0 saturated carbocycles. The molecule has 1 atom stereocenters. The minimum atomic E-state index is -3.07. The molecule has 2 aromatic rings. The molecule has 1 aromatic carbocycles. The maximum absolute atomic E-state index is 12.9. The van der Waals surface area contributed by atoms with Gasteiger partial charge in [0.2, 0.25) is 5.95 Å². The van der Waals surface area contributed by atoms with Crippen LogP contribution in [-0.2, 0) is 9.84 Å². The van der Waals surface area contributed by atoms with Crippen molar-refractivity contribution in [2.45, 2.75) is 19.4 Å². The number of methoxy groups -OCH3 is 1. The summed E-state index contributed by atoms with van der Waals surface area (Å²) in [4.78, 5) is 22.9. The van der Waals surface area contributed by atoms with Gasteiger partial charge in [0.1, 0.15) is 11.4 Å². The average molecular weight is 390 g/mol. The van der Waals surface area contributed by atoms with Crippen LogP contribution in [0, 0.1) is 0 Å². The van der Waals surface area contributed by atoms with Gasteiger partial charge in [0.25, 0.3) is 5.91 Å². The highest BCUT2D eigenvalue weighted by atomic mass is 32.2. The van der Waals surface area contributed by atoms with Crippen LogP contribution in [0.15, 0.2) is 36.5 Å². The Morgan fingerprint density at radius 3 is 2.63 bits per heavy atom. The van der Waals surface area contributed by atoms with Gasteiger partial charge in [-0.1, -0.05) is 0 Å². The van der Waals surface area contributed by atoms with Gasteiger partial charge in [-0.25, -0.2) is 18.4 Å². The van der Waals surface area contributed by atoms with E-state index < -0.39 is 9.84 Å². The van der Waals surface area contributed by atoms with Crippen molar-refractivity contribution in [3.8, 4) is 5.75 Å². The lowest BCUT2D eigenvalue weighted by Gasteiger charge is -2.26. The fourth-order valence-corrected chi connectivity index (χ4v) is 4.81. The maximum Gasteiger partial charge on any atom is 0.272 e. The number of nitrogens with one attached hydrogen (secondary N) is 1. The first-order valence-electron chi connectivity index (χ1n) is 8.67. The molecule has 144 valence electrons. The molecule has 1 aliphatic heterocycles. The zero-order valence-corrected chi connectivity index (χ0v) is 16.1. The standard InChI is InChI=1S/C18H22N4O4S/c1-3-22(14-9-11-27(24,25)12-14)17(23)16-8-10-19-18(21-16)20-13-4-6-15(26-2)7-5-13/h4-8,10,14H,3,9,11-12H2,1-2H3,(H,19,20,21). The Labute approximate surface area is 158 Å². The van der Waals surface area contributed by atoms with Crippen molar-refractivity contribution < 1.29 is 17.9 Å². The number of carbonyl (C=O) groups excluding carboxylic acids is 1. The molecule has 1 fully saturated rings. The van der Waals surface area contributed by atoms with Crippen LogP contribution in [0.1, 0.15) is 23.8 Å². The highest BCUT2D eigenvalue weighted by molar-refractivity contribution is 7.91. The molecular weight excluding hydrogens is 368 g/mol. The lowest BCUT2D eigenvalue weighted by molar-refractivity contribution is 0.0702. The highest BCUT2D eigenvalue weighted by Gasteiger charge is 2.34. The van der Waals surface area contributed by atoms with Gasteiger partial charge in [-0.3, -0.25) is 4.79 Å². The maximum atomic E-state index is 12.9. The van der Waals surface area contributed by atoms with Crippen molar-refractivity contribution >= 4 is 27.4 Å². The van der Waals surface area contributed by atoms with E-state index in [2.05, 4.69) is 15.3 Å². The summed E-state index contributed by atoms with van der Waals surface area (Å²) < 4.78 is 28.6. The third-order valence-corrected chi connectivity index (χ3v) is 6.22. The number of nitrogens with zero attached hydrogens (tertiary/aromatic N) is 3. The molecule has 0 spiro atoms. The van der Waals surface area contributed by atoms with Gasteiger partial charge in [0.15, 0.2) is 9.84 Å². The van der Waals surface area contributed by atoms with Crippen molar-refractivity contribution in [3.05, 3.63) is 42.2 Å². The van der Waals surface area contributed by atoms with Crippen molar-refractivity contribution in [2.24, 2.45) is 0 Å². The molecule has 2 heterocycles. The fraction of sp³-hybridized carbons (Fsp3) is 0.389. The smallest absolute Gasteiger partial charge is 0.272 e. The van der Waals surface area contributed by atoms with Crippen molar-refractivity contribution in [2.75, 3.05) is 30.5 Å². The zero-order chi connectivity index (χ0) is 19.4. The molecule has 1 aliphatic rings. The Balaban J connectivity index is 1.76. The number of rotatable bonds is 6. The summed E-state index contributed by atoms with van der Waals surface area (Å²) >= 11 is 0. The third-order valence-electron chi connectivity index (χ3n) is 4.47. The first kappa shape index (κ1) is 19.1. The average Bonchev–Trinajstić information content (AvgIpc) is 3.02. The topological polar surface area (TPSA) is 101 Å². The lowest BCUT2D eigenvalue weighted by atomic mass is 10.2. The van der Waals surface area contributed by atoms with Crippen LogP contribution in [0.4, 0.5) is 11.6 Å². The van der Waals surface area contributed by atoms with Crippen LogP contribution < -0.4 is 10.1 Å². The second-order valence-electron chi connectivity index (χ2n) is 6.27. The summed E-state index contributed by atoms with van der Waals surface area (Å²) in [5, 5.41) is 3.05. The number of sulfone groups is 1. The number of anilines is 2. The molecule has 9 heteroatoms. The number of amides is 1. The normalized spacial score (nSPS) is 18.1. The van der Waals surface area contributed by atoms with Gasteiger partial charge in [-0.15, -0.1) is 0 Å². The molecule has 1 N–H and O–H groups in total. The molecule has 1 saturated heterocycles. The zero-order valence-electron chi connectivity index (χ0n) is 15.3. The second-order valence-corrected chi connectivity index (χ2v) is 8.50. The van der Waals surface area contributed by atoms with Gasteiger partial charge < -0.3 is 15.0 Å². The number of benzene rings is 1. The number of hydrogen-bond donors (Lipinski definition) is 1. The Morgan fingerprint density at radius 1 is 1.30 bits per heavy atom. The van der Waals surface area contributed by atoms with Crippen molar-refractivity contribution in [3.63, 3.8) is 0 Å². The number of aromatic nitrogens is 2. The summed E-state index contributed by atoms with van der Waals surface area (Å²) in [7, 11) is -1.48. The van der Waals surface area contributed by atoms with E-state index in [0.29, 0.717) is 18.9 Å². The molecule has 1 amide bonds. The highest BCUT2D eigenvalue weighted by Crippen LogP contribution is 2.21. The molecule has 0 bridgehead atoms. The molecule has 3 rings (SSSR count). The lowest BCUT2D eigenvalue weighted by Crippen LogP contribution is -2.41. The number of carbonyl (C=O) groups is 1. The summed E-state index contributed by atoms with van der Waals surface area (Å²) in [6, 6.07) is 8.47. The number of hydrogen-bond acceptors (Lipinski definition) is 7. The Hall–Kier alpha value is -2.68. The fourth-order valence-electron chi connectivity index (χ4n) is 3.08. The molecule has 0 radical (unpaired) electrons. The van der Waals surface area contributed by atoms with Gasteiger partial charge in [-0.2, -0.15) is 0 Å². The first-order chi connectivity index (χ1) is 12.9. The van der Waals surface area contributed by atoms with Gasteiger partial charge in [-0.05, 0) is 43.7 Å². The van der Waals surface area contributed by atoms with Gasteiger partial charge >= 0.3 is 0 Å². The van der Waals surface area contributed by atoms with Crippen LogP contribution in [0.3, 0.4) is 0 Å². The van der Waals surface area contributed by atoms with E-state index in [1.807, 2.05) is 19.1 Å². The molecular formula is C18H22N4O4S. The predicted octanol–water partition coefficient (Wildman–Crippen LogP) is 1.88. The number of ether oxygens (including phenoxy) is 1. The Kier molecular flexibility index (Phi) is 5.59. The monoisotopic (exact) mass is 390 g/mol. The molecule has 0 aliphatic carbocycles. The Bertz CT molecular complexity index is 915. The quantitative estimate of drug-likeness (QED) is 0.803. The van der Waals surface area contributed by atoms with Crippen LogP contribution in [0.2, 0.25) is 0 Å². The van der Waals surface area contributed by atoms with Crippen molar-refractivity contribution in [1.29, 1.82) is 0 Å². The minimum Gasteiger partial charge on any atom is -0.497 e. The predicted molar refractivity (Wildman–Crippen MR) is 102 cm³/mol. The second kappa shape index (κ2) is 7.91. The largest absolute Gasteiger partial charge is 0.497 e. The van der Waals surface area contributed by atoms with E-state index in [0.717, 1.165) is 11.4 Å². The summed E-state index contributed by atoms with van der Waals surface area (Å²) in [6.45, 7) is 2.25. The third kappa shape index (κ3) is 4.54. The van der Waals surface area contributed by atoms with E-state index in [1.165, 1.54) is 12.3 Å². The van der Waals surface area contributed by atoms with Crippen molar-refractivity contribution in [1.82, 2.24) is 14.9 Å². The van der Waals surface area contributed by atoms with Crippen LogP contribution in [0.5, 0.6) is 5.75 Å². The minimum absolute atomic E-state index is 0.00855. The van der Waals surface area contributed by atoms with E-state index >= 15 is 0 Å². The van der Waals surface area contributed by atoms with E-state index in [4.69, 9.17) is 4.74 Å². The van der Waals surface area contributed by atoms with Crippen LogP contribution in [0.25, 0.3) is 0 Å². The van der Waals surface area contributed by atoms with E-state index in [9.17, 15) is 13.2 Å². The van der Waals surface area contributed by atoms with Gasteiger partial charge in [0.05, 0.1) is 18.6 Å². The SMILES string of the molecule is CCN(C(=O)c1ccnc(Nc2ccc(OC)cc2)n1)C1CCS(=O)(=O)C1. The molecule has 8 nitrogen and oxygen atoms in total. The molecule has 27 heavy (non-hydrogen) atoms.